The second-order valence-electron chi connectivity index (χ2n) is 7.36. The van der Waals surface area contributed by atoms with Crippen LogP contribution < -0.4 is 15.5 Å². The van der Waals surface area contributed by atoms with Gasteiger partial charge in [-0.2, -0.15) is 0 Å². The molecular weight excluding hydrogens is 489 g/mol. The van der Waals surface area contributed by atoms with Crippen LogP contribution in [0.4, 0.5) is 5.82 Å². The Kier molecular flexibility index (Phi) is 10.9. The van der Waals surface area contributed by atoms with E-state index in [9.17, 15) is 0 Å². The van der Waals surface area contributed by atoms with Gasteiger partial charge >= 0.3 is 0 Å². The molecule has 1 saturated heterocycles. The summed E-state index contributed by atoms with van der Waals surface area (Å²) in [6, 6.07) is 14.8. The third kappa shape index (κ3) is 8.10. The number of halogens is 1. The van der Waals surface area contributed by atoms with Crippen molar-refractivity contribution in [2.75, 3.05) is 37.7 Å². The number of nitrogens with zero attached hydrogens (tertiary/aromatic N) is 3. The Hall–Kier alpha value is -1.87. The Bertz CT molecular complexity index is 771. The van der Waals surface area contributed by atoms with Gasteiger partial charge in [-0.1, -0.05) is 30.3 Å². The highest BCUT2D eigenvalue weighted by atomic mass is 127. The van der Waals surface area contributed by atoms with Crippen LogP contribution >= 0.6 is 24.0 Å². The Balaban J connectivity index is 0.00000320. The largest absolute Gasteiger partial charge is 0.375 e. The summed E-state index contributed by atoms with van der Waals surface area (Å²) in [5.41, 5.74) is 2.54. The SMILES string of the molecule is CCNC(=NCc1ccnc(N2CCOC(C)C2)c1)NCCCc1ccccc1.I. The van der Waals surface area contributed by atoms with E-state index in [0.29, 0.717) is 6.54 Å². The molecule has 0 saturated carbocycles. The molecule has 2 heterocycles. The van der Waals surface area contributed by atoms with E-state index >= 15 is 0 Å². The van der Waals surface area contributed by atoms with E-state index < -0.39 is 0 Å². The third-order valence-corrected chi connectivity index (χ3v) is 4.92. The van der Waals surface area contributed by atoms with Gasteiger partial charge in [0.15, 0.2) is 5.96 Å². The van der Waals surface area contributed by atoms with E-state index in [1.54, 1.807) is 0 Å². The van der Waals surface area contributed by atoms with Crippen LogP contribution in [0, 0.1) is 0 Å². The summed E-state index contributed by atoms with van der Waals surface area (Å²) >= 11 is 0. The molecule has 1 aliphatic heterocycles. The summed E-state index contributed by atoms with van der Waals surface area (Å²) < 4.78 is 5.63. The van der Waals surface area contributed by atoms with Crippen molar-refractivity contribution in [3.05, 3.63) is 59.8 Å². The molecule has 0 amide bonds. The van der Waals surface area contributed by atoms with Gasteiger partial charge in [0.25, 0.3) is 0 Å². The Morgan fingerprint density at radius 3 is 2.80 bits per heavy atom. The molecule has 1 aromatic heterocycles. The van der Waals surface area contributed by atoms with Crippen LogP contribution in [0.25, 0.3) is 0 Å². The molecule has 1 fully saturated rings. The van der Waals surface area contributed by atoms with Crippen molar-refractivity contribution in [2.24, 2.45) is 4.99 Å². The Labute approximate surface area is 197 Å². The van der Waals surface area contributed by atoms with Crippen molar-refractivity contribution in [1.29, 1.82) is 0 Å². The molecule has 30 heavy (non-hydrogen) atoms. The molecule has 1 atom stereocenters. The normalized spacial score (nSPS) is 16.7. The van der Waals surface area contributed by atoms with Gasteiger partial charge < -0.3 is 20.3 Å². The zero-order chi connectivity index (χ0) is 20.3. The lowest BCUT2D eigenvalue weighted by Gasteiger charge is -2.32. The van der Waals surface area contributed by atoms with Gasteiger partial charge in [-0.15, -0.1) is 24.0 Å². The number of aryl methyl sites for hydroxylation is 1. The van der Waals surface area contributed by atoms with Crippen LogP contribution in [0.2, 0.25) is 0 Å². The minimum absolute atomic E-state index is 0. The highest BCUT2D eigenvalue weighted by molar-refractivity contribution is 14.0. The molecular formula is C23H34IN5O. The molecule has 0 spiro atoms. The quantitative estimate of drug-likeness (QED) is 0.240. The lowest BCUT2D eigenvalue weighted by Crippen LogP contribution is -2.41. The predicted octanol–water partition coefficient (Wildman–Crippen LogP) is 3.61. The minimum Gasteiger partial charge on any atom is -0.375 e. The molecule has 6 nitrogen and oxygen atoms in total. The summed E-state index contributed by atoms with van der Waals surface area (Å²) in [5, 5.41) is 6.77. The van der Waals surface area contributed by atoms with Crippen LogP contribution in [-0.2, 0) is 17.7 Å². The van der Waals surface area contributed by atoms with Gasteiger partial charge in [-0.3, -0.25) is 0 Å². The Morgan fingerprint density at radius 2 is 2.03 bits per heavy atom. The first kappa shape index (κ1) is 24.4. The number of aliphatic imine (C=N–C) groups is 1. The number of nitrogens with one attached hydrogen (secondary N) is 2. The fourth-order valence-electron chi connectivity index (χ4n) is 3.41. The second kappa shape index (κ2) is 13.4. The number of guanidine groups is 1. The van der Waals surface area contributed by atoms with E-state index in [1.165, 1.54) is 5.56 Å². The number of rotatable bonds is 8. The number of ether oxygens (including phenoxy) is 1. The minimum atomic E-state index is 0. The lowest BCUT2D eigenvalue weighted by atomic mass is 10.1. The van der Waals surface area contributed by atoms with Crippen molar-refractivity contribution < 1.29 is 4.74 Å². The number of aromatic nitrogens is 1. The molecule has 164 valence electrons. The van der Waals surface area contributed by atoms with E-state index in [2.05, 4.69) is 70.8 Å². The summed E-state index contributed by atoms with van der Waals surface area (Å²) in [6.45, 7) is 9.08. The topological polar surface area (TPSA) is 61.8 Å². The average molecular weight is 523 g/mol. The molecule has 0 radical (unpaired) electrons. The number of benzene rings is 1. The van der Waals surface area contributed by atoms with E-state index in [-0.39, 0.29) is 30.1 Å². The molecule has 0 aliphatic carbocycles. The Morgan fingerprint density at radius 1 is 1.20 bits per heavy atom. The molecule has 7 heteroatoms. The summed E-state index contributed by atoms with van der Waals surface area (Å²) in [6.07, 6.45) is 4.26. The van der Waals surface area contributed by atoms with Gasteiger partial charge in [-0.05, 0) is 49.9 Å². The third-order valence-electron chi connectivity index (χ3n) is 4.92. The molecule has 3 rings (SSSR count). The number of pyridine rings is 1. The van der Waals surface area contributed by atoms with Gasteiger partial charge in [0.1, 0.15) is 5.82 Å². The fraction of sp³-hybridized carbons (Fsp3) is 0.478. The zero-order valence-corrected chi connectivity index (χ0v) is 20.3. The van der Waals surface area contributed by atoms with Crippen LogP contribution in [-0.4, -0.2) is 49.8 Å². The smallest absolute Gasteiger partial charge is 0.191 e. The van der Waals surface area contributed by atoms with E-state index in [4.69, 9.17) is 9.73 Å². The maximum absolute atomic E-state index is 5.63. The van der Waals surface area contributed by atoms with Crippen LogP contribution in [0.15, 0.2) is 53.7 Å². The number of hydrogen-bond acceptors (Lipinski definition) is 4. The first-order valence-electron chi connectivity index (χ1n) is 10.6. The summed E-state index contributed by atoms with van der Waals surface area (Å²) in [4.78, 5) is 11.6. The standard InChI is InChI=1S/C23H33N5O.HI/c1-3-24-23(26-12-7-10-20-8-5-4-6-9-20)27-17-21-11-13-25-22(16-21)28-14-15-29-19(2)18-28;/h4-6,8-9,11,13,16,19H,3,7,10,12,14-15,17-18H2,1-2H3,(H2,24,26,27);1H. The highest BCUT2D eigenvalue weighted by Gasteiger charge is 2.17. The van der Waals surface area contributed by atoms with Crippen molar-refractivity contribution in [3.63, 3.8) is 0 Å². The monoisotopic (exact) mass is 523 g/mol. The van der Waals surface area contributed by atoms with E-state index in [1.807, 2.05) is 12.3 Å². The molecule has 0 bridgehead atoms. The molecule has 1 unspecified atom stereocenters. The predicted molar refractivity (Wildman–Crippen MR) is 135 cm³/mol. The van der Waals surface area contributed by atoms with Crippen molar-refractivity contribution in [1.82, 2.24) is 15.6 Å². The van der Waals surface area contributed by atoms with Gasteiger partial charge in [0.05, 0.1) is 19.3 Å². The maximum Gasteiger partial charge on any atom is 0.191 e. The first-order chi connectivity index (χ1) is 14.2. The molecule has 1 aromatic carbocycles. The lowest BCUT2D eigenvalue weighted by molar-refractivity contribution is 0.0529. The fourth-order valence-corrected chi connectivity index (χ4v) is 3.41. The summed E-state index contributed by atoms with van der Waals surface area (Å²) in [5.74, 6) is 1.87. The van der Waals surface area contributed by atoms with E-state index in [0.717, 1.165) is 63.0 Å². The van der Waals surface area contributed by atoms with Crippen molar-refractivity contribution in [3.8, 4) is 0 Å². The van der Waals surface area contributed by atoms with Crippen molar-refractivity contribution >= 4 is 35.8 Å². The van der Waals surface area contributed by atoms with Gasteiger partial charge in [0, 0.05) is 32.4 Å². The van der Waals surface area contributed by atoms with Crippen LogP contribution in [0.5, 0.6) is 0 Å². The van der Waals surface area contributed by atoms with Crippen LogP contribution in [0.1, 0.15) is 31.4 Å². The number of anilines is 1. The number of morpholine rings is 1. The van der Waals surface area contributed by atoms with Gasteiger partial charge in [-0.25, -0.2) is 9.98 Å². The molecule has 2 N–H and O–H groups in total. The summed E-state index contributed by atoms with van der Waals surface area (Å²) in [7, 11) is 0. The van der Waals surface area contributed by atoms with Crippen LogP contribution in [0.3, 0.4) is 0 Å². The molecule has 1 aliphatic rings. The highest BCUT2D eigenvalue weighted by Crippen LogP contribution is 2.16. The number of hydrogen-bond donors (Lipinski definition) is 2. The van der Waals surface area contributed by atoms with Gasteiger partial charge in [0.2, 0.25) is 0 Å². The first-order valence-corrected chi connectivity index (χ1v) is 10.6. The van der Waals surface area contributed by atoms with Crippen molar-refractivity contribution in [2.45, 2.75) is 39.3 Å². The average Bonchev–Trinajstić information content (AvgIpc) is 2.76. The molecule has 2 aromatic rings. The maximum atomic E-state index is 5.63. The zero-order valence-electron chi connectivity index (χ0n) is 18.0. The second-order valence-corrected chi connectivity index (χ2v) is 7.36.